The molecule has 0 bridgehead atoms. The lowest BCUT2D eigenvalue weighted by atomic mass is 10.1. The number of para-hydroxylation sites is 2. The highest BCUT2D eigenvalue weighted by atomic mass is 32.2. The van der Waals surface area contributed by atoms with Gasteiger partial charge in [-0.2, -0.15) is 4.31 Å². The Bertz CT molecular complexity index is 1070. The molecule has 2 heterocycles. The maximum absolute atomic E-state index is 13.1. The minimum Gasteiger partial charge on any atom is -0.457 e. The molecule has 1 aliphatic heterocycles. The number of amides is 1. The number of ether oxygens (including phenoxy) is 1. The van der Waals surface area contributed by atoms with Crippen molar-refractivity contribution in [3.8, 4) is 11.5 Å². The molecule has 0 radical (unpaired) electrons. The van der Waals surface area contributed by atoms with Gasteiger partial charge in [-0.25, -0.2) is 8.42 Å². The zero-order valence-corrected chi connectivity index (χ0v) is 17.2. The van der Waals surface area contributed by atoms with Gasteiger partial charge in [-0.1, -0.05) is 36.4 Å². The molecule has 1 aromatic heterocycles. The summed E-state index contributed by atoms with van der Waals surface area (Å²) in [6.45, 7) is 1.22. The first-order chi connectivity index (χ1) is 14.1. The molecule has 1 aliphatic rings. The molecule has 29 heavy (non-hydrogen) atoms. The number of hydrogen-bond acceptors (Lipinski definition) is 5. The van der Waals surface area contributed by atoms with Crippen LogP contribution in [0.25, 0.3) is 0 Å². The summed E-state index contributed by atoms with van der Waals surface area (Å²) >= 11 is 1.20. The van der Waals surface area contributed by atoms with Crippen molar-refractivity contribution >= 4 is 27.3 Å². The van der Waals surface area contributed by atoms with Gasteiger partial charge in [0.2, 0.25) is 0 Å². The lowest BCUT2D eigenvalue weighted by Crippen LogP contribution is -2.50. The van der Waals surface area contributed by atoms with Crippen molar-refractivity contribution in [1.29, 1.82) is 0 Å². The quantitative estimate of drug-likeness (QED) is 0.622. The Balaban J connectivity index is 1.47. The molecule has 0 saturated carbocycles. The fourth-order valence-electron chi connectivity index (χ4n) is 3.19. The average molecular weight is 429 g/mol. The standard InChI is InChI=1S/C21H20N2O4S2/c24-21(18-9-4-5-10-19(18)27-17-7-2-1-3-8-17)22-12-14-23(15-13-22)29(25,26)20-11-6-16-28-20/h1-11,16H,12-15H2. The average Bonchev–Trinajstić information content (AvgIpc) is 3.30. The van der Waals surface area contributed by atoms with Crippen LogP contribution in [0.2, 0.25) is 0 Å². The summed E-state index contributed by atoms with van der Waals surface area (Å²) in [5, 5.41) is 1.75. The fraction of sp³-hybridized carbons (Fsp3) is 0.190. The van der Waals surface area contributed by atoms with E-state index in [4.69, 9.17) is 4.74 Å². The number of thiophene rings is 1. The predicted octanol–water partition coefficient (Wildman–Crippen LogP) is 3.69. The molecular weight excluding hydrogens is 408 g/mol. The molecule has 1 saturated heterocycles. The summed E-state index contributed by atoms with van der Waals surface area (Å²) in [5.41, 5.74) is 0.464. The zero-order chi connectivity index (χ0) is 20.3. The maximum Gasteiger partial charge on any atom is 0.257 e. The molecule has 150 valence electrons. The van der Waals surface area contributed by atoms with Crippen LogP contribution >= 0.6 is 11.3 Å². The van der Waals surface area contributed by atoms with Crippen molar-refractivity contribution < 1.29 is 17.9 Å². The lowest BCUT2D eigenvalue weighted by Gasteiger charge is -2.34. The molecule has 0 unspecified atom stereocenters. The van der Waals surface area contributed by atoms with Gasteiger partial charge in [-0.05, 0) is 35.7 Å². The smallest absolute Gasteiger partial charge is 0.257 e. The number of benzene rings is 2. The highest BCUT2D eigenvalue weighted by Gasteiger charge is 2.31. The third kappa shape index (κ3) is 4.19. The Morgan fingerprint density at radius 3 is 2.24 bits per heavy atom. The maximum atomic E-state index is 13.1. The van der Waals surface area contributed by atoms with Crippen molar-refractivity contribution in [2.45, 2.75) is 4.21 Å². The zero-order valence-electron chi connectivity index (χ0n) is 15.6. The fourth-order valence-corrected chi connectivity index (χ4v) is 5.75. The van der Waals surface area contributed by atoms with Crippen molar-refractivity contribution in [3.63, 3.8) is 0 Å². The van der Waals surface area contributed by atoms with Crippen LogP contribution in [-0.2, 0) is 10.0 Å². The highest BCUT2D eigenvalue weighted by molar-refractivity contribution is 7.91. The molecule has 1 fully saturated rings. The van der Waals surface area contributed by atoms with E-state index in [1.807, 2.05) is 36.4 Å². The molecule has 2 aromatic carbocycles. The molecule has 8 heteroatoms. The number of carbonyl (C=O) groups excluding carboxylic acids is 1. The van der Waals surface area contributed by atoms with Crippen LogP contribution in [0.1, 0.15) is 10.4 Å². The molecule has 6 nitrogen and oxygen atoms in total. The first-order valence-corrected chi connectivity index (χ1v) is 11.5. The van der Waals surface area contributed by atoms with Gasteiger partial charge in [0.15, 0.2) is 0 Å². The first-order valence-electron chi connectivity index (χ1n) is 9.20. The summed E-state index contributed by atoms with van der Waals surface area (Å²) < 4.78 is 33.0. The summed E-state index contributed by atoms with van der Waals surface area (Å²) in [7, 11) is -3.49. The molecule has 0 atom stereocenters. The third-order valence-electron chi connectivity index (χ3n) is 4.70. The van der Waals surface area contributed by atoms with Crippen LogP contribution < -0.4 is 4.74 Å². The Morgan fingerprint density at radius 2 is 1.55 bits per heavy atom. The van der Waals surface area contributed by atoms with Crippen LogP contribution in [0, 0.1) is 0 Å². The molecule has 0 spiro atoms. The molecule has 0 N–H and O–H groups in total. The molecule has 1 amide bonds. The molecular formula is C21H20N2O4S2. The SMILES string of the molecule is O=C(c1ccccc1Oc1ccccc1)N1CCN(S(=O)(=O)c2cccs2)CC1. The number of hydrogen-bond donors (Lipinski definition) is 0. The molecule has 0 aliphatic carbocycles. The van der Waals surface area contributed by atoms with Crippen LogP contribution in [-0.4, -0.2) is 49.7 Å². The van der Waals surface area contributed by atoms with Crippen molar-refractivity contribution in [3.05, 3.63) is 77.7 Å². The lowest BCUT2D eigenvalue weighted by molar-refractivity contribution is 0.0695. The highest BCUT2D eigenvalue weighted by Crippen LogP contribution is 2.27. The van der Waals surface area contributed by atoms with Crippen LogP contribution in [0.15, 0.2) is 76.3 Å². The van der Waals surface area contributed by atoms with Gasteiger partial charge in [0.05, 0.1) is 5.56 Å². The normalized spacial score (nSPS) is 15.2. The Kier molecular flexibility index (Phi) is 5.66. The minimum atomic E-state index is -3.49. The van der Waals surface area contributed by atoms with Gasteiger partial charge < -0.3 is 9.64 Å². The molecule has 3 aromatic rings. The van der Waals surface area contributed by atoms with E-state index in [0.717, 1.165) is 0 Å². The Hall–Kier alpha value is -2.68. The van der Waals surface area contributed by atoms with E-state index in [1.165, 1.54) is 15.6 Å². The monoisotopic (exact) mass is 428 g/mol. The topological polar surface area (TPSA) is 66.9 Å². The van der Waals surface area contributed by atoms with Crippen LogP contribution in [0.4, 0.5) is 0 Å². The largest absolute Gasteiger partial charge is 0.457 e. The van der Waals surface area contributed by atoms with E-state index in [1.54, 1.807) is 40.6 Å². The summed E-state index contributed by atoms with van der Waals surface area (Å²) in [5.74, 6) is 0.974. The summed E-state index contributed by atoms with van der Waals surface area (Å²) in [6.07, 6.45) is 0. The van der Waals surface area contributed by atoms with E-state index in [-0.39, 0.29) is 19.0 Å². The Labute approximate surface area is 174 Å². The van der Waals surface area contributed by atoms with Gasteiger partial charge in [-0.3, -0.25) is 4.79 Å². The van der Waals surface area contributed by atoms with Crippen LogP contribution in [0.5, 0.6) is 11.5 Å². The van der Waals surface area contributed by atoms with Crippen LogP contribution in [0.3, 0.4) is 0 Å². The Morgan fingerprint density at radius 1 is 0.862 bits per heavy atom. The van der Waals surface area contributed by atoms with E-state index in [0.29, 0.717) is 34.4 Å². The molecule has 4 rings (SSSR count). The number of rotatable bonds is 5. The second-order valence-electron chi connectivity index (χ2n) is 6.54. The summed E-state index contributed by atoms with van der Waals surface area (Å²) in [6, 6.07) is 19.7. The first kappa shape index (κ1) is 19.6. The minimum absolute atomic E-state index is 0.162. The van der Waals surface area contributed by atoms with Gasteiger partial charge in [0.1, 0.15) is 15.7 Å². The van der Waals surface area contributed by atoms with Crippen molar-refractivity contribution in [1.82, 2.24) is 9.21 Å². The van der Waals surface area contributed by atoms with E-state index >= 15 is 0 Å². The van der Waals surface area contributed by atoms with Crippen molar-refractivity contribution in [2.24, 2.45) is 0 Å². The third-order valence-corrected chi connectivity index (χ3v) is 7.98. The van der Waals surface area contributed by atoms with E-state index in [9.17, 15) is 13.2 Å². The second kappa shape index (κ2) is 8.36. The number of carbonyl (C=O) groups is 1. The van der Waals surface area contributed by atoms with Gasteiger partial charge >= 0.3 is 0 Å². The number of nitrogens with zero attached hydrogens (tertiary/aromatic N) is 2. The number of sulfonamides is 1. The van der Waals surface area contributed by atoms with Gasteiger partial charge in [0.25, 0.3) is 15.9 Å². The van der Waals surface area contributed by atoms with E-state index in [2.05, 4.69) is 0 Å². The predicted molar refractivity (Wildman–Crippen MR) is 112 cm³/mol. The summed E-state index contributed by atoms with van der Waals surface area (Å²) in [4.78, 5) is 14.8. The number of piperazine rings is 1. The van der Waals surface area contributed by atoms with Gasteiger partial charge in [0, 0.05) is 26.2 Å². The van der Waals surface area contributed by atoms with E-state index < -0.39 is 10.0 Å². The second-order valence-corrected chi connectivity index (χ2v) is 9.65. The van der Waals surface area contributed by atoms with Gasteiger partial charge in [-0.15, -0.1) is 11.3 Å². The van der Waals surface area contributed by atoms with Crippen molar-refractivity contribution in [2.75, 3.05) is 26.2 Å².